The monoisotopic (exact) mass is 565 g/mol. The average molecular weight is 566 g/mol. The van der Waals surface area contributed by atoms with Crippen LogP contribution in [0, 0.1) is 0 Å². The van der Waals surface area contributed by atoms with E-state index in [1.54, 1.807) is 11.3 Å². The summed E-state index contributed by atoms with van der Waals surface area (Å²) in [5.41, 5.74) is 2.99. The van der Waals surface area contributed by atoms with E-state index in [-0.39, 0.29) is 0 Å². The highest BCUT2D eigenvalue weighted by Crippen LogP contribution is 2.42. The maximum atomic E-state index is 5.22. The first-order valence-electron chi connectivity index (χ1n) is 14.4. The Bertz CT molecular complexity index is 2510. The van der Waals surface area contributed by atoms with Gasteiger partial charge in [-0.3, -0.25) is 0 Å². The van der Waals surface area contributed by atoms with E-state index in [0.29, 0.717) is 17.5 Å². The highest BCUT2D eigenvalue weighted by Gasteiger charge is 2.18. The minimum atomic E-state index is 0.668. The number of fused-ring (bicyclic) bond motifs is 7. The fourth-order valence-corrected chi connectivity index (χ4v) is 7.47. The number of hydrogen-bond donors (Lipinski definition) is 0. The van der Waals surface area contributed by atoms with Crippen molar-refractivity contribution < 1.29 is 0 Å². The van der Waals surface area contributed by atoms with Crippen LogP contribution in [0.4, 0.5) is 0 Å². The molecule has 0 radical (unpaired) electrons. The van der Waals surface area contributed by atoms with E-state index in [4.69, 9.17) is 15.0 Å². The van der Waals surface area contributed by atoms with Crippen molar-refractivity contribution in [3.8, 4) is 34.2 Å². The molecule has 3 nitrogen and oxygen atoms in total. The molecule has 0 N–H and O–H groups in total. The van der Waals surface area contributed by atoms with Gasteiger partial charge in [-0.1, -0.05) is 115 Å². The highest BCUT2D eigenvalue weighted by molar-refractivity contribution is 7.26. The van der Waals surface area contributed by atoms with Crippen LogP contribution in [0.25, 0.3) is 86.7 Å². The third-order valence-electron chi connectivity index (χ3n) is 8.28. The van der Waals surface area contributed by atoms with Gasteiger partial charge in [-0.25, -0.2) is 15.0 Å². The largest absolute Gasteiger partial charge is 0.208 e. The van der Waals surface area contributed by atoms with Crippen LogP contribution in [0.3, 0.4) is 0 Å². The average Bonchev–Trinajstić information content (AvgIpc) is 3.44. The number of thiophene rings is 1. The molecule has 7 aromatic carbocycles. The summed E-state index contributed by atoms with van der Waals surface area (Å²) in [4.78, 5) is 15.4. The van der Waals surface area contributed by atoms with Crippen LogP contribution in [0.15, 0.2) is 140 Å². The molecule has 43 heavy (non-hydrogen) atoms. The van der Waals surface area contributed by atoms with E-state index >= 15 is 0 Å². The fraction of sp³-hybridized carbons (Fsp3) is 0. The molecule has 200 valence electrons. The maximum absolute atomic E-state index is 5.22. The zero-order valence-electron chi connectivity index (χ0n) is 23.0. The normalized spacial score (nSPS) is 11.7. The third-order valence-corrected chi connectivity index (χ3v) is 9.48. The summed E-state index contributed by atoms with van der Waals surface area (Å²) in [5.74, 6) is 2.03. The van der Waals surface area contributed by atoms with E-state index in [9.17, 15) is 0 Å². The van der Waals surface area contributed by atoms with E-state index in [1.165, 1.54) is 41.7 Å². The van der Waals surface area contributed by atoms with Crippen LogP contribution >= 0.6 is 11.3 Å². The van der Waals surface area contributed by atoms with E-state index in [1.807, 2.05) is 18.2 Å². The molecule has 0 fully saturated rings. The quantitative estimate of drug-likeness (QED) is 0.200. The summed E-state index contributed by atoms with van der Waals surface area (Å²) in [6.07, 6.45) is 0. The predicted molar refractivity (Wildman–Crippen MR) is 182 cm³/mol. The first-order chi connectivity index (χ1) is 21.3. The molecule has 0 aliphatic heterocycles. The SMILES string of the molecule is c1ccc(-c2nc(-c3cc4ccccc4c4ccccc34)nc(-c3cccc4c3sc3cc5ccccc5cc34)n2)cc1. The highest BCUT2D eigenvalue weighted by atomic mass is 32.1. The molecule has 0 amide bonds. The zero-order chi connectivity index (χ0) is 28.3. The number of benzene rings is 7. The van der Waals surface area contributed by atoms with Crippen molar-refractivity contribution in [2.75, 3.05) is 0 Å². The summed E-state index contributed by atoms with van der Waals surface area (Å²) < 4.78 is 2.45. The molecule has 0 unspecified atom stereocenters. The first kappa shape index (κ1) is 24.2. The van der Waals surface area contributed by atoms with Gasteiger partial charge in [0, 0.05) is 36.9 Å². The van der Waals surface area contributed by atoms with Crippen molar-refractivity contribution >= 4 is 63.8 Å². The van der Waals surface area contributed by atoms with Crippen LogP contribution in [0.1, 0.15) is 0 Å². The van der Waals surface area contributed by atoms with Crippen molar-refractivity contribution in [3.63, 3.8) is 0 Å². The number of nitrogens with zero attached hydrogens (tertiary/aromatic N) is 3. The number of rotatable bonds is 3. The Hall–Kier alpha value is -5.45. The second-order valence-corrected chi connectivity index (χ2v) is 11.9. The lowest BCUT2D eigenvalue weighted by atomic mass is 9.97. The Kier molecular flexibility index (Phi) is 5.37. The topological polar surface area (TPSA) is 38.7 Å². The lowest BCUT2D eigenvalue weighted by Crippen LogP contribution is -2.00. The van der Waals surface area contributed by atoms with Gasteiger partial charge in [0.25, 0.3) is 0 Å². The second kappa shape index (κ2) is 9.55. The third kappa shape index (κ3) is 3.92. The molecule has 0 saturated heterocycles. The van der Waals surface area contributed by atoms with Crippen LogP contribution in [-0.2, 0) is 0 Å². The van der Waals surface area contributed by atoms with Crippen LogP contribution in [-0.4, -0.2) is 15.0 Å². The molecular weight excluding hydrogens is 543 g/mol. The Morgan fingerprint density at radius 1 is 0.372 bits per heavy atom. The van der Waals surface area contributed by atoms with E-state index in [0.717, 1.165) is 27.5 Å². The molecule has 9 aromatic rings. The molecule has 2 heterocycles. The Balaban J connectivity index is 1.34. The van der Waals surface area contributed by atoms with E-state index < -0.39 is 0 Å². The van der Waals surface area contributed by atoms with Gasteiger partial charge in [0.1, 0.15) is 0 Å². The summed E-state index contributed by atoms with van der Waals surface area (Å²) in [6, 6.07) is 49.1. The molecule has 4 heteroatoms. The first-order valence-corrected chi connectivity index (χ1v) is 15.2. The maximum Gasteiger partial charge on any atom is 0.165 e. The Labute approximate surface area is 251 Å². The van der Waals surface area contributed by atoms with Crippen molar-refractivity contribution in [1.29, 1.82) is 0 Å². The Morgan fingerprint density at radius 2 is 0.977 bits per heavy atom. The van der Waals surface area contributed by atoms with Crippen molar-refractivity contribution in [1.82, 2.24) is 15.0 Å². The lowest BCUT2D eigenvalue weighted by Gasteiger charge is -2.12. The van der Waals surface area contributed by atoms with Crippen molar-refractivity contribution in [2.45, 2.75) is 0 Å². The summed E-state index contributed by atoms with van der Waals surface area (Å²) in [5, 5.41) is 9.69. The molecule has 2 aromatic heterocycles. The van der Waals surface area contributed by atoms with Crippen LogP contribution in [0.2, 0.25) is 0 Å². The lowest BCUT2D eigenvalue weighted by molar-refractivity contribution is 1.08. The molecule has 0 aliphatic rings. The Morgan fingerprint density at radius 3 is 1.79 bits per heavy atom. The molecule has 0 atom stereocenters. The minimum Gasteiger partial charge on any atom is -0.208 e. The molecule has 0 bridgehead atoms. The zero-order valence-corrected chi connectivity index (χ0v) is 23.8. The van der Waals surface area contributed by atoms with Crippen LogP contribution < -0.4 is 0 Å². The van der Waals surface area contributed by atoms with Gasteiger partial charge >= 0.3 is 0 Å². The molecule has 0 saturated carbocycles. The number of hydrogen-bond acceptors (Lipinski definition) is 4. The van der Waals surface area contributed by atoms with Crippen LogP contribution in [0.5, 0.6) is 0 Å². The van der Waals surface area contributed by atoms with Gasteiger partial charge in [-0.05, 0) is 56.6 Å². The standard InChI is InChI=1S/C39H23N3S/c1-2-11-24(12-3-1)37-40-38(32-20-10-19-31-33-21-25-13-4-5-14-26(25)23-35(33)43-36(31)32)42-39(41-37)34-22-27-15-6-7-16-28(27)29-17-8-9-18-30(29)34/h1-23H. The molecule has 0 aliphatic carbocycles. The molecule has 9 rings (SSSR count). The number of aromatic nitrogens is 3. The second-order valence-electron chi connectivity index (χ2n) is 10.8. The minimum absolute atomic E-state index is 0.668. The summed E-state index contributed by atoms with van der Waals surface area (Å²) >= 11 is 1.81. The van der Waals surface area contributed by atoms with Gasteiger partial charge in [-0.2, -0.15) is 0 Å². The van der Waals surface area contributed by atoms with Gasteiger partial charge in [0.15, 0.2) is 17.5 Å². The van der Waals surface area contributed by atoms with Gasteiger partial charge in [0.05, 0.1) is 0 Å². The molecule has 0 spiro atoms. The fourth-order valence-electron chi connectivity index (χ4n) is 6.23. The van der Waals surface area contributed by atoms with Gasteiger partial charge in [0.2, 0.25) is 0 Å². The molecular formula is C39H23N3S. The van der Waals surface area contributed by atoms with Crippen molar-refractivity contribution in [3.05, 3.63) is 140 Å². The van der Waals surface area contributed by atoms with Gasteiger partial charge in [-0.15, -0.1) is 11.3 Å². The van der Waals surface area contributed by atoms with Gasteiger partial charge < -0.3 is 0 Å². The summed E-state index contributed by atoms with van der Waals surface area (Å²) in [6.45, 7) is 0. The predicted octanol–water partition coefficient (Wildman–Crippen LogP) is 10.7. The smallest absolute Gasteiger partial charge is 0.165 e. The van der Waals surface area contributed by atoms with E-state index in [2.05, 4.69) is 121 Å². The summed E-state index contributed by atoms with van der Waals surface area (Å²) in [7, 11) is 0. The van der Waals surface area contributed by atoms with Crippen molar-refractivity contribution in [2.24, 2.45) is 0 Å².